The first-order valence-corrected chi connectivity index (χ1v) is 9.22. The monoisotopic (exact) mass is 371 g/mol. The fraction of sp³-hybridized carbons (Fsp3) is 0.381. The summed E-state index contributed by atoms with van der Waals surface area (Å²) in [5.74, 6) is -0.274. The minimum absolute atomic E-state index is 0.0436. The van der Waals surface area contributed by atoms with Crippen LogP contribution in [-0.2, 0) is 4.79 Å². The average Bonchev–Trinajstić information content (AvgIpc) is 2.68. The van der Waals surface area contributed by atoms with Gasteiger partial charge in [-0.15, -0.1) is 0 Å². The molecule has 0 spiro atoms. The quantitative estimate of drug-likeness (QED) is 0.878. The molecule has 1 amide bonds. The van der Waals surface area contributed by atoms with E-state index in [1.165, 1.54) is 6.07 Å². The summed E-state index contributed by atoms with van der Waals surface area (Å²) in [6.07, 6.45) is -0.682. The van der Waals surface area contributed by atoms with Gasteiger partial charge in [-0.1, -0.05) is 24.3 Å². The summed E-state index contributed by atoms with van der Waals surface area (Å²) in [5, 5.41) is 9.57. The molecule has 3 rings (SSSR count). The van der Waals surface area contributed by atoms with Crippen molar-refractivity contribution in [2.75, 3.05) is 49.6 Å². The van der Waals surface area contributed by atoms with E-state index >= 15 is 0 Å². The van der Waals surface area contributed by atoms with E-state index in [1.54, 1.807) is 31.0 Å². The van der Waals surface area contributed by atoms with E-state index in [0.717, 1.165) is 5.69 Å². The standard InChI is InChI=1S/C21H26FN3O2/c1-16(26)17-8-9-20(19(22)14-17)25-12-10-24(11-13-25)15-21(27)23(2)18-6-4-3-5-7-18/h3-9,14,16,26H,10-13,15H2,1-2H3/t16-/m1/s1. The van der Waals surface area contributed by atoms with Crippen molar-refractivity contribution in [1.29, 1.82) is 0 Å². The highest BCUT2D eigenvalue weighted by Gasteiger charge is 2.23. The summed E-state index contributed by atoms with van der Waals surface area (Å²) >= 11 is 0. The van der Waals surface area contributed by atoms with Crippen LogP contribution in [0.25, 0.3) is 0 Å². The highest BCUT2D eigenvalue weighted by atomic mass is 19.1. The number of hydrogen-bond donors (Lipinski definition) is 1. The Morgan fingerprint density at radius 1 is 1.15 bits per heavy atom. The Bertz CT molecular complexity index is 774. The van der Waals surface area contributed by atoms with Crippen molar-refractivity contribution in [3.05, 3.63) is 59.9 Å². The van der Waals surface area contributed by atoms with E-state index in [9.17, 15) is 14.3 Å². The van der Waals surface area contributed by atoms with E-state index in [4.69, 9.17) is 0 Å². The Morgan fingerprint density at radius 3 is 2.41 bits per heavy atom. The predicted molar refractivity (Wildman–Crippen MR) is 106 cm³/mol. The van der Waals surface area contributed by atoms with Crippen LogP contribution in [0.2, 0.25) is 0 Å². The van der Waals surface area contributed by atoms with Crippen LogP contribution in [0.15, 0.2) is 48.5 Å². The molecule has 1 aliphatic heterocycles. The Kier molecular flexibility index (Phi) is 6.08. The van der Waals surface area contributed by atoms with Gasteiger partial charge in [-0.2, -0.15) is 0 Å². The second kappa shape index (κ2) is 8.50. The van der Waals surface area contributed by atoms with Gasteiger partial charge < -0.3 is 14.9 Å². The summed E-state index contributed by atoms with van der Waals surface area (Å²) in [7, 11) is 1.78. The number of carbonyl (C=O) groups is 1. The van der Waals surface area contributed by atoms with Gasteiger partial charge in [-0.05, 0) is 36.8 Å². The lowest BCUT2D eigenvalue weighted by molar-refractivity contribution is -0.119. The largest absolute Gasteiger partial charge is 0.389 e. The minimum Gasteiger partial charge on any atom is -0.389 e. The van der Waals surface area contributed by atoms with Gasteiger partial charge in [0, 0.05) is 38.9 Å². The second-order valence-electron chi connectivity index (χ2n) is 6.94. The zero-order chi connectivity index (χ0) is 19.4. The molecule has 1 saturated heterocycles. The van der Waals surface area contributed by atoms with E-state index in [-0.39, 0.29) is 11.7 Å². The molecule has 6 heteroatoms. The maximum absolute atomic E-state index is 14.4. The fourth-order valence-corrected chi connectivity index (χ4v) is 3.28. The van der Waals surface area contributed by atoms with Crippen LogP contribution in [0.5, 0.6) is 0 Å². The predicted octanol–water partition coefficient (Wildman–Crippen LogP) is 2.66. The average molecular weight is 371 g/mol. The number of likely N-dealkylation sites (N-methyl/N-ethyl adjacent to an activating group) is 1. The molecule has 0 radical (unpaired) electrons. The Hall–Kier alpha value is -2.44. The molecule has 2 aromatic rings. The molecule has 2 aromatic carbocycles. The fourth-order valence-electron chi connectivity index (χ4n) is 3.28. The van der Waals surface area contributed by atoms with Gasteiger partial charge in [0.2, 0.25) is 5.91 Å². The molecule has 5 nitrogen and oxygen atoms in total. The van der Waals surface area contributed by atoms with Crippen LogP contribution < -0.4 is 9.80 Å². The number of para-hydroxylation sites is 1. The third-order valence-corrected chi connectivity index (χ3v) is 5.04. The number of benzene rings is 2. The smallest absolute Gasteiger partial charge is 0.240 e. The number of aliphatic hydroxyl groups excluding tert-OH is 1. The van der Waals surface area contributed by atoms with E-state index in [2.05, 4.69) is 4.90 Å². The number of hydrogen-bond acceptors (Lipinski definition) is 4. The van der Waals surface area contributed by atoms with Crippen molar-refractivity contribution in [3.63, 3.8) is 0 Å². The van der Waals surface area contributed by atoms with Crippen molar-refractivity contribution in [2.45, 2.75) is 13.0 Å². The first-order valence-electron chi connectivity index (χ1n) is 9.22. The maximum Gasteiger partial charge on any atom is 0.240 e. The number of halogens is 1. The molecule has 1 atom stereocenters. The lowest BCUT2D eigenvalue weighted by Gasteiger charge is -2.36. The topological polar surface area (TPSA) is 47.0 Å². The minimum atomic E-state index is -0.682. The van der Waals surface area contributed by atoms with Gasteiger partial charge >= 0.3 is 0 Å². The van der Waals surface area contributed by atoms with Crippen LogP contribution in [0.1, 0.15) is 18.6 Å². The molecular formula is C21H26FN3O2. The number of anilines is 2. The number of amides is 1. The molecule has 1 aliphatic rings. The molecular weight excluding hydrogens is 345 g/mol. The summed E-state index contributed by atoms with van der Waals surface area (Å²) in [6, 6.07) is 14.4. The first-order chi connectivity index (χ1) is 13.0. The van der Waals surface area contributed by atoms with Crippen LogP contribution >= 0.6 is 0 Å². The summed E-state index contributed by atoms with van der Waals surface area (Å²) < 4.78 is 14.4. The second-order valence-corrected chi connectivity index (χ2v) is 6.94. The number of nitrogens with zero attached hydrogens (tertiary/aromatic N) is 3. The molecule has 144 valence electrons. The van der Waals surface area contributed by atoms with E-state index in [1.807, 2.05) is 35.2 Å². The lowest BCUT2D eigenvalue weighted by Crippen LogP contribution is -2.50. The summed E-state index contributed by atoms with van der Waals surface area (Å²) in [4.78, 5) is 18.3. The third kappa shape index (κ3) is 4.64. The van der Waals surface area contributed by atoms with Crippen LogP contribution in [0, 0.1) is 5.82 Å². The van der Waals surface area contributed by atoms with Crippen LogP contribution in [0.4, 0.5) is 15.8 Å². The van der Waals surface area contributed by atoms with Gasteiger partial charge in [-0.3, -0.25) is 9.69 Å². The molecule has 0 aromatic heterocycles. The van der Waals surface area contributed by atoms with Crippen molar-refractivity contribution < 1.29 is 14.3 Å². The molecule has 1 heterocycles. The Morgan fingerprint density at radius 2 is 1.81 bits per heavy atom. The van der Waals surface area contributed by atoms with Gasteiger partial charge in [-0.25, -0.2) is 4.39 Å². The molecule has 0 unspecified atom stereocenters. The number of aliphatic hydroxyl groups is 1. The van der Waals surface area contributed by atoms with Crippen molar-refractivity contribution in [2.24, 2.45) is 0 Å². The normalized spacial score (nSPS) is 16.2. The highest BCUT2D eigenvalue weighted by Crippen LogP contribution is 2.24. The maximum atomic E-state index is 14.4. The van der Waals surface area contributed by atoms with Gasteiger partial charge in [0.25, 0.3) is 0 Å². The first kappa shape index (κ1) is 19.3. The molecule has 1 N–H and O–H groups in total. The van der Waals surface area contributed by atoms with Crippen molar-refractivity contribution in [1.82, 2.24) is 4.90 Å². The number of rotatable bonds is 5. The Balaban J connectivity index is 1.55. The van der Waals surface area contributed by atoms with Gasteiger partial charge in [0.15, 0.2) is 0 Å². The van der Waals surface area contributed by atoms with Gasteiger partial charge in [0.1, 0.15) is 5.82 Å². The lowest BCUT2D eigenvalue weighted by atomic mass is 10.1. The van der Waals surface area contributed by atoms with Crippen molar-refractivity contribution in [3.8, 4) is 0 Å². The van der Waals surface area contributed by atoms with E-state index < -0.39 is 6.10 Å². The molecule has 27 heavy (non-hydrogen) atoms. The summed E-state index contributed by atoms with van der Waals surface area (Å²) in [6.45, 7) is 4.69. The SMILES string of the molecule is C[C@@H](O)c1ccc(N2CCN(CC(=O)N(C)c3ccccc3)CC2)c(F)c1. The van der Waals surface area contributed by atoms with Crippen molar-refractivity contribution >= 4 is 17.3 Å². The van der Waals surface area contributed by atoms with Crippen LogP contribution in [-0.4, -0.2) is 55.7 Å². The zero-order valence-corrected chi connectivity index (χ0v) is 15.8. The summed E-state index contributed by atoms with van der Waals surface area (Å²) in [5.41, 5.74) is 2.00. The third-order valence-electron chi connectivity index (χ3n) is 5.04. The highest BCUT2D eigenvalue weighted by molar-refractivity contribution is 5.94. The van der Waals surface area contributed by atoms with Gasteiger partial charge in [0.05, 0.1) is 18.3 Å². The molecule has 0 aliphatic carbocycles. The Labute approximate surface area is 159 Å². The van der Waals surface area contributed by atoms with Crippen LogP contribution in [0.3, 0.4) is 0 Å². The number of carbonyl (C=O) groups excluding carboxylic acids is 1. The molecule has 0 bridgehead atoms. The zero-order valence-electron chi connectivity index (χ0n) is 15.8. The van der Waals surface area contributed by atoms with E-state index in [0.29, 0.717) is 44.0 Å². The molecule has 0 saturated carbocycles. The number of piperazine rings is 1. The molecule has 1 fully saturated rings.